The van der Waals surface area contributed by atoms with Gasteiger partial charge in [0.25, 0.3) is 9.05 Å². The van der Waals surface area contributed by atoms with Crippen molar-refractivity contribution in [2.24, 2.45) is 0 Å². The van der Waals surface area contributed by atoms with Crippen molar-refractivity contribution in [2.75, 3.05) is 0 Å². The number of halogens is 1. The van der Waals surface area contributed by atoms with Crippen LogP contribution in [0.15, 0.2) is 11.2 Å². The smallest absolute Gasteiger partial charge is 0.280 e. The van der Waals surface area contributed by atoms with Gasteiger partial charge in [-0.3, -0.25) is 4.79 Å². The van der Waals surface area contributed by atoms with Gasteiger partial charge in [-0.2, -0.15) is 0 Å². The number of carbonyl (C=O) groups is 1. The van der Waals surface area contributed by atoms with Gasteiger partial charge >= 0.3 is 0 Å². The standard InChI is InChI=1S/C10H16ClN3O3S/c1-7-12-9(18(11,16)17)6-14(7)5-8(15)13-10(2,3)4/h6H,5H2,1-4H3,(H,13,15). The summed E-state index contributed by atoms with van der Waals surface area (Å²) in [5.41, 5.74) is -0.340. The molecule has 102 valence electrons. The van der Waals surface area contributed by atoms with Crippen LogP contribution in [0.4, 0.5) is 0 Å². The summed E-state index contributed by atoms with van der Waals surface area (Å²) in [6.07, 6.45) is 1.25. The third-order valence-electron chi connectivity index (χ3n) is 2.03. The number of rotatable bonds is 3. The second-order valence-corrected chi connectivity index (χ2v) is 7.50. The monoisotopic (exact) mass is 293 g/mol. The van der Waals surface area contributed by atoms with E-state index < -0.39 is 9.05 Å². The van der Waals surface area contributed by atoms with Gasteiger partial charge in [0, 0.05) is 22.4 Å². The molecule has 0 saturated heterocycles. The average Bonchev–Trinajstić information content (AvgIpc) is 2.43. The van der Waals surface area contributed by atoms with E-state index in [-0.39, 0.29) is 23.0 Å². The van der Waals surface area contributed by atoms with Crippen LogP contribution >= 0.6 is 10.7 Å². The van der Waals surface area contributed by atoms with E-state index in [1.165, 1.54) is 10.8 Å². The lowest BCUT2D eigenvalue weighted by Gasteiger charge is -2.20. The van der Waals surface area contributed by atoms with Crippen LogP contribution in [0.25, 0.3) is 0 Å². The molecule has 1 aromatic rings. The molecule has 0 aliphatic heterocycles. The second-order valence-electron chi connectivity index (χ2n) is 4.99. The van der Waals surface area contributed by atoms with Crippen LogP contribution in [0.5, 0.6) is 0 Å². The maximum absolute atomic E-state index is 11.7. The average molecular weight is 294 g/mol. The number of imidazole rings is 1. The van der Waals surface area contributed by atoms with E-state index in [1.54, 1.807) is 6.92 Å². The quantitative estimate of drug-likeness (QED) is 0.844. The van der Waals surface area contributed by atoms with E-state index in [4.69, 9.17) is 10.7 Å². The Hall–Kier alpha value is -1.08. The van der Waals surface area contributed by atoms with Crippen LogP contribution < -0.4 is 5.32 Å². The van der Waals surface area contributed by atoms with Gasteiger partial charge in [-0.15, -0.1) is 0 Å². The number of nitrogens with one attached hydrogen (secondary N) is 1. The fourth-order valence-electron chi connectivity index (χ4n) is 1.37. The highest BCUT2D eigenvalue weighted by molar-refractivity contribution is 8.13. The highest BCUT2D eigenvalue weighted by Crippen LogP contribution is 2.14. The van der Waals surface area contributed by atoms with Crippen LogP contribution in [0.2, 0.25) is 0 Å². The van der Waals surface area contributed by atoms with Crippen LogP contribution in [0.3, 0.4) is 0 Å². The zero-order valence-electron chi connectivity index (χ0n) is 10.7. The molecule has 6 nitrogen and oxygen atoms in total. The number of hydrogen-bond acceptors (Lipinski definition) is 4. The van der Waals surface area contributed by atoms with Gasteiger partial charge < -0.3 is 9.88 Å². The predicted molar refractivity (Wildman–Crippen MR) is 67.9 cm³/mol. The van der Waals surface area contributed by atoms with Gasteiger partial charge in [-0.05, 0) is 27.7 Å². The van der Waals surface area contributed by atoms with E-state index in [1.807, 2.05) is 20.8 Å². The molecular formula is C10H16ClN3O3S. The molecule has 0 bridgehead atoms. The lowest BCUT2D eigenvalue weighted by atomic mass is 10.1. The number of hydrogen-bond donors (Lipinski definition) is 1. The normalized spacial score (nSPS) is 12.5. The van der Waals surface area contributed by atoms with E-state index in [9.17, 15) is 13.2 Å². The lowest BCUT2D eigenvalue weighted by Crippen LogP contribution is -2.42. The van der Waals surface area contributed by atoms with E-state index >= 15 is 0 Å². The molecule has 0 saturated carbocycles. The molecule has 0 radical (unpaired) electrons. The van der Waals surface area contributed by atoms with Crippen LogP contribution in [-0.2, 0) is 20.4 Å². The Morgan fingerprint density at radius 3 is 2.44 bits per heavy atom. The number of carbonyl (C=O) groups excluding carboxylic acids is 1. The van der Waals surface area contributed by atoms with Crippen LogP contribution in [0, 0.1) is 6.92 Å². The molecule has 0 unspecified atom stereocenters. The zero-order valence-corrected chi connectivity index (χ0v) is 12.3. The van der Waals surface area contributed by atoms with Crippen LogP contribution in [-0.4, -0.2) is 29.4 Å². The maximum atomic E-state index is 11.7. The van der Waals surface area contributed by atoms with Gasteiger partial charge in [0.15, 0.2) is 5.03 Å². The fraction of sp³-hybridized carbons (Fsp3) is 0.600. The second kappa shape index (κ2) is 4.89. The van der Waals surface area contributed by atoms with Gasteiger partial charge in [0.05, 0.1) is 0 Å². The van der Waals surface area contributed by atoms with Crippen molar-refractivity contribution in [3.05, 3.63) is 12.0 Å². The number of aryl methyl sites for hydroxylation is 1. The Balaban J connectivity index is 2.87. The first-order valence-electron chi connectivity index (χ1n) is 5.28. The zero-order chi connectivity index (χ0) is 14.1. The van der Waals surface area contributed by atoms with Gasteiger partial charge in [-0.1, -0.05) is 0 Å². The molecule has 0 spiro atoms. The minimum Gasteiger partial charge on any atom is -0.350 e. The minimum absolute atomic E-state index is 0.00249. The number of aromatic nitrogens is 2. The Morgan fingerprint density at radius 1 is 1.50 bits per heavy atom. The largest absolute Gasteiger partial charge is 0.350 e. The minimum atomic E-state index is -3.87. The molecule has 0 aliphatic carbocycles. The molecule has 0 fully saturated rings. The summed E-state index contributed by atoms with van der Waals surface area (Å²) in [5.74, 6) is 0.194. The van der Waals surface area contributed by atoms with Gasteiger partial charge in [0.2, 0.25) is 5.91 Å². The van der Waals surface area contributed by atoms with Crippen molar-refractivity contribution in [1.82, 2.24) is 14.9 Å². The molecule has 1 N–H and O–H groups in total. The molecule has 1 amide bonds. The highest BCUT2D eigenvalue weighted by atomic mass is 35.7. The predicted octanol–water partition coefficient (Wildman–Crippen LogP) is 1.03. The molecule has 1 rings (SSSR count). The Bertz CT molecular complexity index is 557. The summed E-state index contributed by atoms with van der Waals surface area (Å²) in [5, 5.41) is 2.53. The summed E-state index contributed by atoms with van der Waals surface area (Å²) in [6.45, 7) is 7.19. The lowest BCUT2D eigenvalue weighted by molar-refractivity contribution is -0.123. The van der Waals surface area contributed by atoms with Crippen molar-refractivity contribution in [3.8, 4) is 0 Å². The first-order chi connectivity index (χ1) is 7.99. The van der Waals surface area contributed by atoms with Gasteiger partial charge in [-0.25, -0.2) is 13.4 Å². The molecule has 1 heterocycles. The molecule has 1 aromatic heterocycles. The summed E-state index contributed by atoms with van der Waals surface area (Å²) in [7, 11) is 1.32. The summed E-state index contributed by atoms with van der Waals surface area (Å²) in [6, 6.07) is 0. The van der Waals surface area contributed by atoms with Crippen molar-refractivity contribution in [2.45, 2.75) is 44.8 Å². The molecule has 0 aromatic carbocycles. The molecule has 0 atom stereocenters. The molecule has 8 heteroatoms. The van der Waals surface area contributed by atoms with Crippen molar-refractivity contribution >= 4 is 25.6 Å². The van der Waals surface area contributed by atoms with Gasteiger partial charge in [0.1, 0.15) is 12.4 Å². The fourth-order valence-corrected chi connectivity index (χ4v) is 2.09. The highest BCUT2D eigenvalue weighted by Gasteiger charge is 2.19. The number of amides is 1. The topological polar surface area (TPSA) is 81.1 Å². The SMILES string of the molecule is Cc1nc(S(=O)(=O)Cl)cn1CC(=O)NC(C)(C)C. The first-order valence-corrected chi connectivity index (χ1v) is 7.59. The maximum Gasteiger partial charge on any atom is 0.280 e. The summed E-state index contributed by atoms with van der Waals surface area (Å²) >= 11 is 0. The third-order valence-corrected chi connectivity index (χ3v) is 3.20. The van der Waals surface area contributed by atoms with Crippen molar-refractivity contribution < 1.29 is 13.2 Å². The summed E-state index contributed by atoms with van der Waals surface area (Å²) < 4.78 is 23.6. The van der Waals surface area contributed by atoms with Crippen molar-refractivity contribution in [3.63, 3.8) is 0 Å². The Morgan fingerprint density at radius 2 is 2.06 bits per heavy atom. The van der Waals surface area contributed by atoms with Crippen molar-refractivity contribution in [1.29, 1.82) is 0 Å². The Kier molecular flexibility index (Phi) is 4.07. The Labute approximate surface area is 111 Å². The van der Waals surface area contributed by atoms with Crippen LogP contribution in [0.1, 0.15) is 26.6 Å². The summed E-state index contributed by atoms with van der Waals surface area (Å²) in [4.78, 5) is 15.5. The molecule has 0 aliphatic rings. The third kappa shape index (κ3) is 4.30. The first kappa shape index (κ1) is 15.0. The van der Waals surface area contributed by atoms with E-state index in [0.717, 1.165) is 0 Å². The van der Waals surface area contributed by atoms with E-state index in [2.05, 4.69) is 10.3 Å². The number of nitrogens with zero attached hydrogens (tertiary/aromatic N) is 2. The van der Waals surface area contributed by atoms with E-state index in [0.29, 0.717) is 5.82 Å². The molecular weight excluding hydrogens is 278 g/mol. The molecule has 18 heavy (non-hydrogen) atoms.